The average molecular weight is 460 g/mol. The zero-order valence-electron chi connectivity index (χ0n) is 16.6. The van der Waals surface area contributed by atoms with Crippen molar-refractivity contribution in [2.45, 2.75) is 31.2 Å². The molecule has 156 valence electrons. The van der Waals surface area contributed by atoms with E-state index in [9.17, 15) is 9.59 Å². The Labute approximate surface area is 189 Å². The van der Waals surface area contributed by atoms with Crippen LogP contribution in [0.25, 0.3) is 11.3 Å². The SMILES string of the molecule is CC(=O)NC(C)c1ccc(-c2csc(NC(=O)CCSc3ccc(Cl)cc3)n2)cc1. The first-order chi connectivity index (χ1) is 14.4. The third-order valence-electron chi connectivity index (χ3n) is 4.29. The van der Waals surface area contributed by atoms with Crippen LogP contribution in [-0.2, 0) is 9.59 Å². The Hall–Kier alpha value is -2.35. The van der Waals surface area contributed by atoms with Crippen LogP contribution < -0.4 is 10.6 Å². The quantitative estimate of drug-likeness (QED) is 0.419. The predicted molar refractivity (Wildman–Crippen MR) is 125 cm³/mol. The number of amides is 2. The Morgan fingerprint density at radius 1 is 1.13 bits per heavy atom. The zero-order chi connectivity index (χ0) is 21.5. The van der Waals surface area contributed by atoms with Gasteiger partial charge in [0, 0.05) is 40.0 Å². The van der Waals surface area contributed by atoms with Gasteiger partial charge in [-0.1, -0.05) is 35.9 Å². The molecule has 8 heteroatoms. The molecular formula is C22H22ClN3O2S2. The largest absolute Gasteiger partial charge is 0.350 e. The van der Waals surface area contributed by atoms with Crippen LogP contribution in [0.5, 0.6) is 0 Å². The van der Waals surface area contributed by atoms with Gasteiger partial charge in [-0.05, 0) is 36.8 Å². The zero-order valence-corrected chi connectivity index (χ0v) is 19.0. The van der Waals surface area contributed by atoms with Crippen molar-refractivity contribution in [1.29, 1.82) is 0 Å². The third kappa shape index (κ3) is 6.58. The number of anilines is 1. The maximum Gasteiger partial charge on any atom is 0.226 e. The topological polar surface area (TPSA) is 71.1 Å². The summed E-state index contributed by atoms with van der Waals surface area (Å²) in [5.74, 6) is 0.564. The average Bonchev–Trinajstić information content (AvgIpc) is 3.17. The number of carbonyl (C=O) groups is 2. The summed E-state index contributed by atoms with van der Waals surface area (Å²) in [5, 5.41) is 8.94. The van der Waals surface area contributed by atoms with E-state index in [2.05, 4.69) is 15.6 Å². The summed E-state index contributed by atoms with van der Waals surface area (Å²) in [6, 6.07) is 15.4. The van der Waals surface area contributed by atoms with E-state index in [0.29, 0.717) is 22.3 Å². The number of aromatic nitrogens is 1. The molecule has 0 bridgehead atoms. The summed E-state index contributed by atoms with van der Waals surface area (Å²) in [6.45, 7) is 3.45. The summed E-state index contributed by atoms with van der Waals surface area (Å²) in [4.78, 5) is 29.0. The second kappa shape index (κ2) is 10.6. The van der Waals surface area contributed by atoms with E-state index in [1.165, 1.54) is 18.3 Å². The van der Waals surface area contributed by atoms with Gasteiger partial charge in [0.1, 0.15) is 0 Å². The molecule has 30 heavy (non-hydrogen) atoms. The maximum absolute atomic E-state index is 12.2. The van der Waals surface area contributed by atoms with E-state index < -0.39 is 0 Å². The van der Waals surface area contributed by atoms with Crippen molar-refractivity contribution >= 4 is 51.6 Å². The van der Waals surface area contributed by atoms with Gasteiger partial charge in [-0.2, -0.15) is 0 Å². The summed E-state index contributed by atoms with van der Waals surface area (Å²) >= 11 is 8.89. The van der Waals surface area contributed by atoms with Gasteiger partial charge < -0.3 is 10.6 Å². The van der Waals surface area contributed by atoms with Crippen molar-refractivity contribution in [2.75, 3.05) is 11.1 Å². The molecule has 3 aromatic rings. The lowest BCUT2D eigenvalue weighted by Crippen LogP contribution is -2.23. The van der Waals surface area contributed by atoms with Gasteiger partial charge in [0.2, 0.25) is 11.8 Å². The lowest BCUT2D eigenvalue weighted by Gasteiger charge is -2.13. The summed E-state index contributed by atoms with van der Waals surface area (Å²) in [6.07, 6.45) is 0.401. The van der Waals surface area contributed by atoms with E-state index in [1.54, 1.807) is 11.8 Å². The number of carbonyl (C=O) groups excluding carboxylic acids is 2. The molecule has 1 atom stereocenters. The minimum absolute atomic E-state index is 0.0485. The van der Waals surface area contributed by atoms with Gasteiger partial charge in [-0.3, -0.25) is 9.59 Å². The molecule has 0 radical (unpaired) electrons. The second-order valence-corrected chi connectivity index (χ2v) is 9.15. The predicted octanol–water partition coefficient (Wildman–Crippen LogP) is 5.78. The molecule has 1 heterocycles. The van der Waals surface area contributed by atoms with Crippen LogP contribution in [0, 0.1) is 0 Å². The highest BCUT2D eigenvalue weighted by Gasteiger charge is 2.10. The van der Waals surface area contributed by atoms with Crippen LogP contribution in [0.2, 0.25) is 5.02 Å². The number of rotatable bonds is 8. The van der Waals surface area contributed by atoms with Gasteiger partial charge in [-0.25, -0.2) is 4.98 Å². The lowest BCUT2D eigenvalue weighted by atomic mass is 10.1. The van der Waals surface area contributed by atoms with E-state index in [1.807, 2.05) is 60.8 Å². The highest BCUT2D eigenvalue weighted by Crippen LogP contribution is 2.27. The van der Waals surface area contributed by atoms with Gasteiger partial charge in [-0.15, -0.1) is 23.1 Å². The molecule has 0 saturated heterocycles. The number of thiazole rings is 1. The van der Waals surface area contributed by atoms with E-state index >= 15 is 0 Å². The van der Waals surface area contributed by atoms with E-state index in [-0.39, 0.29) is 17.9 Å². The molecule has 0 aliphatic rings. The summed E-state index contributed by atoms with van der Waals surface area (Å²) < 4.78 is 0. The Morgan fingerprint density at radius 2 is 1.83 bits per heavy atom. The Kier molecular flexibility index (Phi) is 7.90. The van der Waals surface area contributed by atoms with Crippen LogP contribution in [0.15, 0.2) is 58.8 Å². The van der Waals surface area contributed by atoms with Crippen molar-refractivity contribution in [3.63, 3.8) is 0 Å². The molecule has 1 unspecified atom stereocenters. The normalized spacial score (nSPS) is 11.7. The van der Waals surface area contributed by atoms with Crippen LogP contribution in [-0.4, -0.2) is 22.6 Å². The number of thioether (sulfide) groups is 1. The standard InChI is InChI=1S/C22H22ClN3O2S2/c1-14(24-15(2)27)16-3-5-17(6-4-16)20-13-30-22(25-20)26-21(28)11-12-29-19-9-7-18(23)8-10-19/h3-10,13-14H,11-12H2,1-2H3,(H,24,27)(H,25,26,28). The lowest BCUT2D eigenvalue weighted by molar-refractivity contribution is -0.119. The minimum Gasteiger partial charge on any atom is -0.350 e. The van der Waals surface area contributed by atoms with Crippen LogP contribution in [0.4, 0.5) is 5.13 Å². The summed E-state index contributed by atoms with van der Waals surface area (Å²) in [5.41, 5.74) is 2.80. The fourth-order valence-corrected chi connectivity index (χ4v) is 4.48. The van der Waals surface area contributed by atoms with Crippen molar-refractivity contribution in [1.82, 2.24) is 10.3 Å². The van der Waals surface area contributed by atoms with Gasteiger partial charge >= 0.3 is 0 Å². The van der Waals surface area contributed by atoms with Gasteiger partial charge in [0.15, 0.2) is 5.13 Å². The van der Waals surface area contributed by atoms with Crippen molar-refractivity contribution in [2.24, 2.45) is 0 Å². The summed E-state index contributed by atoms with van der Waals surface area (Å²) in [7, 11) is 0. The number of nitrogens with one attached hydrogen (secondary N) is 2. The van der Waals surface area contributed by atoms with Crippen molar-refractivity contribution in [3.8, 4) is 11.3 Å². The van der Waals surface area contributed by atoms with Crippen molar-refractivity contribution in [3.05, 3.63) is 64.5 Å². The molecule has 0 aliphatic carbocycles. The first kappa shape index (κ1) is 22.3. The molecule has 5 nitrogen and oxygen atoms in total. The molecule has 2 aromatic carbocycles. The molecule has 0 fully saturated rings. The minimum atomic E-state index is -0.0585. The molecular weight excluding hydrogens is 438 g/mol. The van der Waals surface area contributed by atoms with Gasteiger partial charge in [0.05, 0.1) is 11.7 Å². The third-order valence-corrected chi connectivity index (χ3v) is 6.31. The molecule has 3 rings (SSSR count). The number of hydrogen-bond acceptors (Lipinski definition) is 5. The maximum atomic E-state index is 12.2. The van der Waals surface area contributed by atoms with Crippen LogP contribution >= 0.6 is 34.7 Å². The van der Waals surface area contributed by atoms with Crippen molar-refractivity contribution < 1.29 is 9.59 Å². The Morgan fingerprint density at radius 3 is 2.50 bits per heavy atom. The molecule has 1 aromatic heterocycles. The monoisotopic (exact) mass is 459 g/mol. The highest BCUT2D eigenvalue weighted by molar-refractivity contribution is 7.99. The number of hydrogen-bond donors (Lipinski definition) is 2. The second-order valence-electron chi connectivity index (χ2n) is 6.68. The number of benzene rings is 2. The fraction of sp³-hybridized carbons (Fsp3) is 0.227. The first-order valence-corrected chi connectivity index (χ1v) is 11.7. The first-order valence-electron chi connectivity index (χ1n) is 9.42. The van der Waals surface area contributed by atoms with Crippen LogP contribution in [0.3, 0.4) is 0 Å². The number of nitrogens with zero attached hydrogens (tertiary/aromatic N) is 1. The van der Waals surface area contributed by atoms with E-state index in [0.717, 1.165) is 21.7 Å². The molecule has 2 N–H and O–H groups in total. The molecule has 0 spiro atoms. The molecule has 0 saturated carbocycles. The Balaban J connectivity index is 1.51. The van der Waals surface area contributed by atoms with Gasteiger partial charge in [0.25, 0.3) is 0 Å². The fourth-order valence-electron chi connectivity index (χ4n) is 2.77. The van der Waals surface area contributed by atoms with Crippen LogP contribution in [0.1, 0.15) is 31.9 Å². The Bertz CT molecular complexity index is 1000. The molecule has 2 amide bonds. The smallest absolute Gasteiger partial charge is 0.226 e. The highest BCUT2D eigenvalue weighted by atomic mass is 35.5. The number of halogens is 1. The van der Waals surface area contributed by atoms with E-state index in [4.69, 9.17) is 11.6 Å². The molecule has 0 aliphatic heterocycles.